The minimum absolute atomic E-state index is 0.0303. The molecule has 0 aliphatic carbocycles. The maximum absolute atomic E-state index is 6.48. The molecular weight excluding hydrogens is 627 g/mol. The van der Waals surface area contributed by atoms with E-state index in [4.69, 9.17) is 10.8 Å². The molecule has 6 aromatic carbocycles. The van der Waals surface area contributed by atoms with Crippen molar-refractivity contribution in [2.24, 2.45) is 4.99 Å². The number of nitrogens with two attached hydrogens (primary N) is 1. The molecule has 0 spiro atoms. The predicted molar refractivity (Wildman–Crippen MR) is 210 cm³/mol. The van der Waals surface area contributed by atoms with Gasteiger partial charge in [-0.25, -0.2) is 4.99 Å². The minimum Gasteiger partial charge on any atom is -0.381 e. The first kappa shape index (κ1) is 29.4. The van der Waals surface area contributed by atoms with Crippen LogP contribution in [0.3, 0.4) is 0 Å². The van der Waals surface area contributed by atoms with Gasteiger partial charge in [-0.05, 0) is 77.5 Å². The van der Waals surface area contributed by atoms with Crippen molar-refractivity contribution < 1.29 is 0 Å². The SMILES string of the molecule is Nn1c2ccccc2c2cc(-c3ccc4c(c3)c3ccccc3n4-c3cccc(C4=NC(C5C=CC=CN5)NC(c5ccccc5)N4)c3)ccc21. The van der Waals surface area contributed by atoms with Gasteiger partial charge in [0.15, 0.2) is 0 Å². The fourth-order valence-corrected chi connectivity index (χ4v) is 7.79. The lowest BCUT2D eigenvalue weighted by Gasteiger charge is -2.35. The molecule has 5 N–H and O–H groups in total. The fourth-order valence-electron chi connectivity index (χ4n) is 7.79. The molecule has 8 aromatic rings. The molecule has 2 aliphatic rings. The average Bonchev–Trinajstić information content (AvgIpc) is 3.69. The Hall–Kier alpha value is -6.57. The lowest BCUT2D eigenvalue weighted by Crippen LogP contribution is -2.55. The molecule has 4 heterocycles. The summed E-state index contributed by atoms with van der Waals surface area (Å²) >= 11 is 0. The zero-order valence-corrected chi connectivity index (χ0v) is 27.7. The number of hydrogen-bond donors (Lipinski definition) is 4. The summed E-state index contributed by atoms with van der Waals surface area (Å²) < 4.78 is 4.15. The molecule has 3 atom stereocenters. The molecule has 0 fully saturated rings. The molecule has 246 valence electrons. The summed E-state index contributed by atoms with van der Waals surface area (Å²) in [6.45, 7) is 0. The Bertz CT molecular complexity index is 2710. The number of amidine groups is 1. The maximum Gasteiger partial charge on any atom is 0.131 e. The average molecular weight is 662 g/mol. The van der Waals surface area contributed by atoms with E-state index in [2.05, 4.69) is 160 Å². The molecule has 0 saturated heterocycles. The van der Waals surface area contributed by atoms with E-state index in [1.54, 1.807) is 4.68 Å². The number of allylic oxidation sites excluding steroid dienone is 2. The van der Waals surface area contributed by atoms with Crippen LogP contribution in [0, 0.1) is 0 Å². The van der Waals surface area contributed by atoms with E-state index in [1.807, 2.05) is 24.4 Å². The highest BCUT2D eigenvalue weighted by atomic mass is 15.3. The molecule has 0 bridgehead atoms. The number of aliphatic imine (C=N–C) groups is 1. The third-order valence-corrected chi connectivity index (χ3v) is 10.3. The van der Waals surface area contributed by atoms with Crippen LogP contribution in [0.1, 0.15) is 17.3 Å². The number of nitrogens with zero attached hydrogens (tertiary/aromatic N) is 3. The Balaban J connectivity index is 1.07. The van der Waals surface area contributed by atoms with Crippen molar-refractivity contribution in [3.63, 3.8) is 0 Å². The lowest BCUT2D eigenvalue weighted by atomic mass is 10.0. The summed E-state index contributed by atoms with van der Waals surface area (Å²) in [5, 5.41) is 15.6. The van der Waals surface area contributed by atoms with Gasteiger partial charge < -0.3 is 21.0 Å². The first-order chi connectivity index (χ1) is 25.2. The number of para-hydroxylation sites is 2. The molecule has 2 aliphatic heterocycles. The van der Waals surface area contributed by atoms with Gasteiger partial charge in [0.05, 0.1) is 28.1 Å². The molecule has 2 aromatic heterocycles. The Labute approximate surface area is 295 Å². The van der Waals surface area contributed by atoms with Crippen molar-refractivity contribution in [2.45, 2.75) is 18.4 Å². The van der Waals surface area contributed by atoms with Crippen LogP contribution >= 0.6 is 0 Å². The number of aromatic nitrogens is 2. The largest absolute Gasteiger partial charge is 0.381 e. The van der Waals surface area contributed by atoms with E-state index < -0.39 is 0 Å². The highest BCUT2D eigenvalue weighted by molar-refractivity contribution is 6.12. The van der Waals surface area contributed by atoms with E-state index >= 15 is 0 Å². The summed E-state index contributed by atoms with van der Waals surface area (Å²) in [5.74, 6) is 7.34. The van der Waals surface area contributed by atoms with Gasteiger partial charge in [-0.3, -0.25) is 9.99 Å². The smallest absolute Gasteiger partial charge is 0.131 e. The first-order valence-corrected chi connectivity index (χ1v) is 17.4. The zero-order valence-electron chi connectivity index (χ0n) is 27.7. The third kappa shape index (κ3) is 4.89. The van der Waals surface area contributed by atoms with Crippen molar-refractivity contribution in [1.82, 2.24) is 25.2 Å². The van der Waals surface area contributed by atoms with Gasteiger partial charge in [-0.15, -0.1) is 0 Å². The highest BCUT2D eigenvalue weighted by Gasteiger charge is 2.29. The predicted octanol–water partition coefficient (Wildman–Crippen LogP) is 8.28. The van der Waals surface area contributed by atoms with Crippen molar-refractivity contribution in [3.8, 4) is 16.8 Å². The van der Waals surface area contributed by atoms with Gasteiger partial charge in [-0.1, -0.05) is 103 Å². The van der Waals surface area contributed by atoms with Gasteiger partial charge in [0.1, 0.15) is 18.2 Å². The van der Waals surface area contributed by atoms with E-state index in [9.17, 15) is 0 Å². The molecule has 3 unspecified atom stereocenters. The van der Waals surface area contributed by atoms with Crippen molar-refractivity contribution in [3.05, 3.63) is 175 Å². The van der Waals surface area contributed by atoms with Gasteiger partial charge >= 0.3 is 0 Å². The fraction of sp³-hybridized carbons (Fsp3) is 0.0682. The Morgan fingerprint density at radius 1 is 0.569 bits per heavy atom. The number of dihydropyridines is 1. The zero-order chi connectivity index (χ0) is 33.9. The number of rotatable bonds is 5. The van der Waals surface area contributed by atoms with Crippen LogP contribution in [-0.2, 0) is 0 Å². The summed E-state index contributed by atoms with van der Waals surface area (Å²) in [6.07, 6.45) is 7.96. The second kappa shape index (κ2) is 11.8. The van der Waals surface area contributed by atoms with Gasteiger partial charge in [-0.2, -0.15) is 0 Å². The number of fused-ring (bicyclic) bond motifs is 6. The van der Waals surface area contributed by atoms with E-state index in [1.165, 1.54) is 16.3 Å². The number of nitrogen functional groups attached to an aromatic ring is 1. The number of nitrogens with one attached hydrogen (secondary N) is 3. The molecule has 51 heavy (non-hydrogen) atoms. The Morgan fingerprint density at radius 2 is 1.24 bits per heavy atom. The quantitative estimate of drug-likeness (QED) is 0.140. The van der Waals surface area contributed by atoms with Crippen LogP contribution in [0.25, 0.3) is 60.4 Å². The molecule has 0 radical (unpaired) electrons. The van der Waals surface area contributed by atoms with Crippen LogP contribution in [0.4, 0.5) is 0 Å². The van der Waals surface area contributed by atoms with Crippen LogP contribution in [-0.4, -0.2) is 27.3 Å². The second-order valence-electron chi connectivity index (χ2n) is 13.3. The maximum atomic E-state index is 6.48. The third-order valence-electron chi connectivity index (χ3n) is 10.3. The summed E-state index contributed by atoms with van der Waals surface area (Å²) in [5.41, 5.74) is 9.97. The minimum atomic E-state index is -0.163. The van der Waals surface area contributed by atoms with Crippen molar-refractivity contribution in [2.75, 3.05) is 5.84 Å². The van der Waals surface area contributed by atoms with E-state index in [0.29, 0.717) is 0 Å². The lowest BCUT2D eigenvalue weighted by molar-refractivity contribution is 0.362. The van der Waals surface area contributed by atoms with Gasteiger partial charge in [0.2, 0.25) is 0 Å². The standard InChI is InChI=1S/C44H35N7/c45-51-40-19-7-5-16-34(40)36-27-30(21-23-41(36)51)29-20-22-39-35(26-29)33-15-4-6-18-38(33)50(39)32-14-10-13-31(25-32)43-47-42(28-11-2-1-3-12-28)48-44(49-43)37-17-8-9-24-46-37/h1-27,37,42,44,46,48H,45H2,(H,47,49). The normalized spacial score (nSPS) is 18.7. The topological polar surface area (TPSA) is 84.3 Å². The van der Waals surface area contributed by atoms with Crippen LogP contribution in [0.2, 0.25) is 0 Å². The van der Waals surface area contributed by atoms with Crippen molar-refractivity contribution >= 4 is 49.4 Å². The monoisotopic (exact) mass is 661 g/mol. The van der Waals surface area contributed by atoms with Crippen LogP contribution in [0.5, 0.6) is 0 Å². The first-order valence-electron chi connectivity index (χ1n) is 17.4. The molecule has 7 nitrogen and oxygen atoms in total. The van der Waals surface area contributed by atoms with Crippen LogP contribution in [0.15, 0.2) is 169 Å². The molecular formula is C44H35N7. The second-order valence-corrected chi connectivity index (χ2v) is 13.3. The van der Waals surface area contributed by atoms with Gasteiger partial charge in [0, 0.05) is 32.8 Å². The molecule has 10 rings (SSSR count). The van der Waals surface area contributed by atoms with Gasteiger partial charge in [0.25, 0.3) is 0 Å². The summed E-state index contributed by atoms with van der Waals surface area (Å²) in [4.78, 5) is 5.21. The van der Waals surface area contributed by atoms with E-state index in [0.717, 1.165) is 61.1 Å². The van der Waals surface area contributed by atoms with Crippen molar-refractivity contribution in [1.29, 1.82) is 0 Å². The van der Waals surface area contributed by atoms with Crippen LogP contribution < -0.4 is 21.8 Å². The number of hydrogen-bond acceptors (Lipinski definition) is 5. The Kier molecular flexibility index (Phi) is 6.79. The number of benzene rings is 6. The Morgan fingerprint density at radius 3 is 2.02 bits per heavy atom. The molecule has 0 saturated carbocycles. The molecule has 7 heteroatoms. The molecule has 0 amide bonds. The summed E-state index contributed by atoms with van der Waals surface area (Å²) in [7, 11) is 0. The van der Waals surface area contributed by atoms with E-state index in [-0.39, 0.29) is 18.4 Å². The highest BCUT2D eigenvalue weighted by Crippen LogP contribution is 2.37. The summed E-state index contributed by atoms with van der Waals surface area (Å²) in [6, 6.07) is 49.6.